The van der Waals surface area contributed by atoms with Crippen molar-refractivity contribution < 1.29 is 14.4 Å². The van der Waals surface area contributed by atoms with Gasteiger partial charge in [0.2, 0.25) is 5.91 Å². The molecule has 3 rings (SSSR count). The molecule has 0 spiro atoms. The molecule has 0 atom stereocenters. The van der Waals surface area contributed by atoms with Crippen LogP contribution in [-0.4, -0.2) is 29.6 Å². The Morgan fingerprint density at radius 1 is 1.00 bits per heavy atom. The fraction of sp³-hybridized carbons (Fsp3) is 0.150. The maximum atomic E-state index is 12.6. The van der Waals surface area contributed by atoms with E-state index in [1.165, 1.54) is 11.8 Å². The van der Waals surface area contributed by atoms with Gasteiger partial charge >= 0.3 is 0 Å². The number of aryl methyl sites for hydroxylation is 1. The summed E-state index contributed by atoms with van der Waals surface area (Å²) in [6, 6.07) is 14.1. The molecule has 2 amide bonds. The van der Waals surface area contributed by atoms with Gasteiger partial charge in [-0.25, -0.2) is 0 Å². The van der Waals surface area contributed by atoms with E-state index in [0.717, 1.165) is 10.9 Å². The lowest BCUT2D eigenvalue weighted by atomic mass is 10.1. The predicted molar refractivity (Wildman–Crippen MR) is 102 cm³/mol. The van der Waals surface area contributed by atoms with E-state index >= 15 is 0 Å². The fourth-order valence-corrected chi connectivity index (χ4v) is 2.82. The highest BCUT2D eigenvalue weighted by Crippen LogP contribution is 2.23. The number of fused-ring (bicyclic) bond motifs is 1. The number of Topliss-reactive ketones (excluding diaryl/α,β-unsaturated/α-hetero) is 1. The van der Waals surface area contributed by atoms with Crippen LogP contribution in [0.3, 0.4) is 0 Å². The molecule has 0 fully saturated rings. The third-order valence-electron chi connectivity index (χ3n) is 4.31. The van der Waals surface area contributed by atoms with Gasteiger partial charge < -0.3 is 15.2 Å². The number of aromatic nitrogens is 1. The molecule has 1 heterocycles. The average molecular weight is 349 g/mol. The van der Waals surface area contributed by atoms with Crippen LogP contribution in [0.2, 0.25) is 0 Å². The number of aromatic amines is 1. The van der Waals surface area contributed by atoms with Crippen LogP contribution in [0, 0.1) is 6.92 Å². The summed E-state index contributed by atoms with van der Waals surface area (Å²) in [5, 5.41) is 3.34. The first-order valence-electron chi connectivity index (χ1n) is 8.16. The average Bonchev–Trinajstić information content (AvgIpc) is 2.96. The van der Waals surface area contributed by atoms with Gasteiger partial charge in [0.05, 0.1) is 5.56 Å². The summed E-state index contributed by atoms with van der Waals surface area (Å²) in [6.07, 6.45) is 0. The van der Waals surface area contributed by atoms with Crippen LogP contribution in [0.5, 0.6) is 0 Å². The van der Waals surface area contributed by atoms with Crippen LogP contribution in [0.15, 0.2) is 48.5 Å². The Morgan fingerprint density at radius 2 is 1.65 bits per heavy atom. The number of nitrogens with zero attached hydrogens (tertiary/aromatic N) is 1. The minimum absolute atomic E-state index is 0.0909. The Hall–Kier alpha value is -3.41. The van der Waals surface area contributed by atoms with Gasteiger partial charge in [-0.3, -0.25) is 14.4 Å². The molecule has 132 valence electrons. The monoisotopic (exact) mass is 349 g/mol. The molecule has 26 heavy (non-hydrogen) atoms. The number of benzene rings is 2. The van der Waals surface area contributed by atoms with Crippen LogP contribution in [0.1, 0.15) is 23.0 Å². The van der Waals surface area contributed by atoms with Crippen molar-refractivity contribution in [3.8, 4) is 0 Å². The maximum absolute atomic E-state index is 12.6. The first-order valence-corrected chi connectivity index (χ1v) is 8.16. The number of rotatable bonds is 4. The molecular weight excluding hydrogens is 330 g/mol. The molecule has 1 aromatic heterocycles. The molecule has 0 radical (unpaired) electrons. The lowest BCUT2D eigenvalue weighted by molar-refractivity contribution is -0.116. The Morgan fingerprint density at radius 3 is 2.31 bits per heavy atom. The van der Waals surface area contributed by atoms with Crippen LogP contribution >= 0.6 is 0 Å². The van der Waals surface area contributed by atoms with Crippen molar-refractivity contribution in [3.63, 3.8) is 0 Å². The van der Waals surface area contributed by atoms with Crippen LogP contribution in [0.4, 0.5) is 11.4 Å². The lowest BCUT2D eigenvalue weighted by Gasteiger charge is -2.15. The number of amides is 2. The molecule has 0 unspecified atom stereocenters. The highest BCUT2D eigenvalue weighted by atomic mass is 16.2. The van der Waals surface area contributed by atoms with Gasteiger partial charge in [-0.1, -0.05) is 18.2 Å². The SMILES string of the molecule is CC(=O)N(C)c1ccc(NC(=O)C(=O)c2c(C)[nH]c3ccccc23)cc1. The quantitative estimate of drug-likeness (QED) is 0.560. The third-order valence-corrected chi connectivity index (χ3v) is 4.31. The summed E-state index contributed by atoms with van der Waals surface area (Å²) >= 11 is 0. The summed E-state index contributed by atoms with van der Waals surface area (Å²) in [5.41, 5.74) is 3.05. The van der Waals surface area contributed by atoms with Crippen LogP contribution in [-0.2, 0) is 9.59 Å². The molecule has 0 saturated carbocycles. The predicted octanol–water partition coefficient (Wildman–Crippen LogP) is 3.28. The second-order valence-electron chi connectivity index (χ2n) is 6.08. The summed E-state index contributed by atoms with van der Waals surface area (Å²) in [5.74, 6) is -1.39. The topological polar surface area (TPSA) is 82.3 Å². The fourth-order valence-electron chi connectivity index (χ4n) is 2.82. The number of hydrogen-bond acceptors (Lipinski definition) is 3. The van der Waals surface area contributed by atoms with E-state index < -0.39 is 11.7 Å². The Balaban J connectivity index is 1.80. The summed E-state index contributed by atoms with van der Waals surface area (Å²) in [6.45, 7) is 3.24. The Bertz CT molecular complexity index is 1000. The highest BCUT2D eigenvalue weighted by Gasteiger charge is 2.22. The first kappa shape index (κ1) is 17.4. The molecule has 0 bridgehead atoms. The standard InChI is InChI=1S/C20H19N3O3/c1-12-18(16-6-4-5-7-17(16)21-12)19(25)20(26)22-14-8-10-15(11-9-14)23(3)13(2)24/h4-11,21H,1-3H3,(H,22,26). The maximum Gasteiger partial charge on any atom is 0.296 e. The summed E-state index contributed by atoms with van der Waals surface area (Å²) < 4.78 is 0. The van der Waals surface area contributed by atoms with E-state index in [-0.39, 0.29) is 5.91 Å². The van der Waals surface area contributed by atoms with Crippen molar-refractivity contribution in [2.75, 3.05) is 17.3 Å². The van der Waals surface area contributed by atoms with Gasteiger partial charge in [0, 0.05) is 41.9 Å². The molecule has 0 aliphatic rings. The van der Waals surface area contributed by atoms with E-state index in [4.69, 9.17) is 0 Å². The largest absolute Gasteiger partial charge is 0.358 e. The van der Waals surface area contributed by atoms with E-state index in [1.807, 2.05) is 24.3 Å². The van der Waals surface area contributed by atoms with E-state index in [9.17, 15) is 14.4 Å². The van der Waals surface area contributed by atoms with E-state index in [2.05, 4.69) is 10.3 Å². The molecule has 0 aliphatic heterocycles. The number of nitrogens with one attached hydrogen (secondary N) is 2. The number of anilines is 2. The van der Waals surface area contributed by atoms with Gasteiger partial charge in [-0.05, 0) is 37.3 Å². The van der Waals surface area contributed by atoms with Crippen molar-refractivity contribution in [2.24, 2.45) is 0 Å². The third kappa shape index (κ3) is 3.21. The van der Waals surface area contributed by atoms with Crippen molar-refractivity contribution in [2.45, 2.75) is 13.8 Å². The molecule has 0 saturated heterocycles. The van der Waals surface area contributed by atoms with Gasteiger partial charge in [-0.15, -0.1) is 0 Å². The number of carbonyl (C=O) groups excluding carboxylic acids is 3. The normalized spacial score (nSPS) is 10.6. The molecular formula is C20H19N3O3. The van der Waals surface area contributed by atoms with Crippen molar-refractivity contribution in [1.82, 2.24) is 4.98 Å². The second kappa shape index (κ2) is 6.84. The van der Waals surface area contributed by atoms with Gasteiger partial charge in [0.15, 0.2) is 0 Å². The minimum atomic E-state index is -0.703. The minimum Gasteiger partial charge on any atom is -0.358 e. The Kier molecular flexibility index (Phi) is 4.58. The zero-order valence-corrected chi connectivity index (χ0v) is 14.8. The second-order valence-corrected chi connectivity index (χ2v) is 6.08. The summed E-state index contributed by atoms with van der Waals surface area (Å²) in [4.78, 5) is 41.0. The zero-order chi connectivity index (χ0) is 18.8. The molecule has 6 nitrogen and oxygen atoms in total. The molecule has 2 N–H and O–H groups in total. The van der Waals surface area contributed by atoms with Crippen molar-refractivity contribution in [3.05, 3.63) is 59.8 Å². The number of para-hydroxylation sites is 1. The highest BCUT2D eigenvalue weighted by molar-refractivity contribution is 6.48. The number of carbonyl (C=O) groups is 3. The van der Waals surface area contributed by atoms with Crippen molar-refractivity contribution in [1.29, 1.82) is 0 Å². The number of hydrogen-bond donors (Lipinski definition) is 2. The smallest absolute Gasteiger partial charge is 0.296 e. The van der Waals surface area contributed by atoms with E-state index in [1.54, 1.807) is 38.2 Å². The molecule has 0 aliphatic carbocycles. The van der Waals surface area contributed by atoms with Gasteiger partial charge in [0.25, 0.3) is 11.7 Å². The summed E-state index contributed by atoms with van der Waals surface area (Å²) in [7, 11) is 1.67. The number of ketones is 1. The molecule has 3 aromatic rings. The van der Waals surface area contributed by atoms with Crippen molar-refractivity contribution >= 4 is 39.9 Å². The van der Waals surface area contributed by atoms with Gasteiger partial charge in [0.1, 0.15) is 0 Å². The first-order chi connectivity index (χ1) is 12.4. The number of H-pyrrole nitrogens is 1. The van der Waals surface area contributed by atoms with E-state index in [0.29, 0.717) is 22.6 Å². The van der Waals surface area contributed by atoms with Crippen LogP contribution < -0.4 is 10.2 Å². The van der Waals surface area contributed by atoms with Gasteiger partial charge in [-0.2, -0.15) is 0 Å². The zero-order valence-electron chi connectivity index (χ0n) is 14.8. The van der Waals surface area contributed by atoms with Crippen LogP contribution in [0.25, 0.3) is 10.9 Å². The lowest BCUT2D eigenvalue weighted by Crippen LogP contribution is -2.24. The molecule has 6 heteroatoms. The molecule has 2 aromatic carbocycles. The Labute approximate surface area is 150 Å².